The number of hydrogen-bond donors (Lipinski definition) is 0. The summed E-state index contributed by atoms with van der Waals surface area (Å²) in [6.45, 7) is 6.05. The Labute approximate surface area is 176 Å². The summed E-state index contributed by atoms with van der Waals surface area (Å²) in [5.74, 6) is -0.310. The van der Waals surface area contributed by atoms with Crippen molar-refractivity contribution in [1.29, 1.82) is 0 Å². The zero-order valence-corrected chi connectivity index (χ0v) is 18.2. The Kier molecular flexibility index (Phi) is 6.28. The highest BCUT2D eigenvalue weighted by molar-refractivity contribution is 7.98. The normalized spacial score (nSPS) is 15.6. The van der Waals surface area contributed by atoms with Crippen LogP contribution < -0.4 is 4.90 Å². The molecule has 0 spiro atoms. The summed E-state index contributed by atoms with van der Waals surface area (Å²) in [5, 5.41) is 0. The molecule has 0 N–H and O–H groups in total. The Morgan fingerprint density at radius 1 is 1.14 bits per heavy atom. The maximum atomic E-state index is 13.3. The van der Waals surface area contributed by atoms with E-state index in [0.29, 0.717) is 22.8 Å². The number of carbonyl (C=O) groups excluding carboxylic acids is 2. The smallest absolute Gasteiger partial charge is 0.340 e. The van der Waals surface area contributed by atoms with Crippen LogP contribution in [-0.2, 0) is 14.3 Å². The summed E-state index contributed by atoms with van der Waals surface area (Å²) in [7, 11) is 1.33. The highest BCUT2D eigenvalue weighted by Gasteiger charge is 2.37. The fourth-order valence-corrected chi connectivity index (χ4v) is 3.84. The minimum atomic E-state index is -0.510. The molecule has 1 aliphatic rings. The van der Waals surface area contributed by atoms with Crippen molar-refractivity contribution in [3.63, 3.8) is 0 Å². The predicted octanol–water partition coefficient (Wildman–Crippen LogP) is 5.41. The summed E-state index contributed by atoms with van der Waals surface area (Å²) in [6.07, 6.45) is 3.75. The van der Waals surface area contributed by atoms with Crippen molar-refractivity contribution < 1.29 is 14.3 Å². The number of carbonyl (C=O) groups is 2. The first kappa shape index (κ1) is 20.9. The molecule has 0 bridgehead atoms. The molecule has 3 rings (SSSR count). The molecule has 2 aromatic rings. The number of ether oxygens (including phenoxy) is 1. The fourth-order valence-electron chi connectivity index (χ4n) is 3.38. The topological polar surface area (TPSA) is 46.6 Å². The van der Waals surface area contributed by atoms with Gasteiger partial charge in [0, 0.05) is 10.6 Å². The molecule has 0 radical (unpaired) electrons. The molecule has 0 saturated carbocycles. The van der Waals surface area contributed by atoms with Crippen LogP contribution in [0.15, 0.2) is 70.3 Å². The van der Waals surface area contributed by atoms with Gasteiger partial charge in [-0.15, -0.1) is 11.8 Å². The third kappa shape index (κ3) is 4.15. The van der Waals surface area contributed by atoms with E-state index in [-0.39, 0.29) is 5.91 Å². The number of thioether (sulfide) groups is 1. The average molecular weight is 408 g/mol. The van der Waals surface area contributed by atoms with Gasteiger partial charge in [0.25, 0.3) is 5.91 Å². The van der Waals surface area contributed by atoms with E-state index in [1.54, 1.807) is 29.7 Å². The Morgan fingerprint density at radius 2 is 1.83 bits per heavy atom. The minimum Gasteiger partial charge on any atom is -0.465 e. The van der Waals surface area contributed by atoms with E-state index in [9.17, 15) is 9.59 Å². The maximum Gasteiger partial charge on any atom is 0.340 e. The molecule has 1 aliphatic heterocycles. The van der Waals surface area contributed by atoms with Gasteiger partial charge in [-0.25, -0.2) is 4.79 Å². The lowest BCUT2D eigenvalue weighted by atomic mass is 9.99. The van der Waals surface area contributed by atoms with Crippen molar-refractivity contribution in [2.75, 3.05) is 18.3 Å². The van der Waals surface area contributed by atoms with Crippen LogP contribution in [0.5, 0.6) is 0 Å². The molecule has 1 heterocycles. The largest absolute Gasteiger partial charge is 0.465 e. The van der Waals surface area contributed by atoms with E-state index >= 15 is 0 Å². The van der Waals surface area contributed by atoms with Gasteiger partial charge in [-0.2, -0.15) is 0 Å². The van der Waals surface area contributed by atoms with Crippen molar-refractivity contribution in [2.45, 2.75) is 31.6 Å². The second-order valence-corrected chi connectivity index (χ2v) is 8.05. The number of benzene rings is 2. The monoisotopic (exact) mass is 407 g/mol. The molecule has 0 aromatic heterocycles. The highest BCUT2D eigenvalue weighted by atomic mass is 32.2. The second-order valence-electron chi connectivity index (χ2n) is 7.17. The summed E-state index contributed by atoms with van der Waals surface area (Å²) >= 11 is 1.60. The minimum absolute atomic E-state index is 0.228. The van der Waals surface area contributed by atoms with Crippen LogP contribution in [-0.4, -0.2) is 25.2 Å². The lowest BCUT2D eigenvalue weighted by molar-refractivity contribution is -0.136. The van der Waals surface area contributed by atoms with E-state index in [1.807, 2.05) is 54.8 Å². The third-order valence-electron chi connectivity index (χ3n) is 5.02. The number of rotatable bonds is 5. The summed E-state index contributed by atoms with van der Waals surface area (Å²) in [6, 6.07) is 15.7. The van der Waals surface area contributed by atoms with Gasteiger partial charge in [-0.1, -0.05) is 44.2 Å². The van der Waals surface area contributed by atoms with Crippen molar-refractivity contribution in [2.24, 2.45) is 0 Å². The van der Waals surface area contributed by atoms with Crippen LogP contribution in [0.25, 0.3) is 6.08 Å². The number of amides is 1. The molecule has 4 nitrogen and oxygen atoms in total. The van der Waals surface area contributed by atoms with Gasteiger partial charge in [-0.05, 0) is 54.5 Å². The molecule has 29 heavy (non-hydrogen) atoms. The Balaban J connectivity index is 2.08. The van der Waals surface area contributed by atoms with Crippen molar-refractivity contribution >= 4 is 35.4 Å². The molecule has 0 unspecified atom stereocenters. The average Bonchev–Trinajstić information content (AvgIpc) is 2.97. The molecule has 150 valence electrons. The lowest BCUT2D eigenvalue weighted by Gasteiger charge is -2.18. The van der Waals surface area contributed by atoms with Gasteiger partial charge < -0.3 is 4.74 Å². The van der Waals surface area contributed by atoms with Crippen LogP contribution in [0.3, 0.4) is 0 Å². The molecule has 0 saturated heterocycles. The van der Waals surface area contributed by atoms with Gasteiger partial charge >= 0.3 is 5.97 Å². The molecule has 0 atom stereocenters. The molecular weight excluding hydrogens is 382 g/mol. The van der Waals surface area contributed by atoms with Gasteiger partial charge in [-0.3, -0.25) is 9.69 Å². The van der Waals surface area contributed by atoms with Crippen LogP contribution >= 0.6 is 11.8 Å². The van der Waals surface area contributed by atoms with E-state index in [1.165, 1.54) is 12.7 Å². The van der Waals surface area contributed by atoms with Gasteiger partial charge in [0.15, 0.2) is 0 Å². The van der Waals surface area contributed by atoms with E-state index in [4.69, 9.17) is 4.74 Å². The zero-order chi connectivity index (χ0) is 21.1. The molecule has 2 aromatic carbocycles. The number of methoxy groups -OCH3 is 1. The number of esters is 1. The van der Waals surface area contributed by atoms with Crippen molar-refractivity contribution in [1.82, 2.24) is 0 Å². The zero-order valence-electron chi connectivity index (χ0n) is 17.4. The van der Waals surface area contributed by atoms with Crippen LogP contribution in [0.4, 0.5) is 5.69 Å². The molecular formula is C24H25NO3S. The van der Waals surface area contributed by atoms with E-state index in [0.717, 1.165) is 16.1 Å². The summed E-state index contributed by atoms with van der Waals surface area (Å²) in [5.41, 5.74) is 4.05. The van der Waals surface area contributed by atoms with Gasteiger partial charge in [0.1, 0.15) is 0 Å². The Morgan fingerprint density at radius 3 is 2.41 bits per heavy atom. The molecule has 0 aliphatic carbocycles. The van der Waals surface area contributed by atoms with Crippen LogP contribution in [0, 0.1) is 0 Å². The number of anilines is 1. The number of hydrogen-bond acceptors (Lipinski definition) is 4. The third-order valence-corrected chi connectivity index (χ3v) is 5.74. The summed E-state index contributed by atoms with van der Waals surface area (Å²) in [4.78, 5) is 28.5. The first-order valence-corrected chi connectivity index (χ1v) is 10.7. The maximum absolute atomic E-state index is 13.3. The number of allylic oxidation sites excluding steroid dienone is 1. The van der Waals surface area contributed by atoms with Gasteiger partial charge in [0.05, 0.1) is 23.9 Å². The molecule has 0 fully saturated rings. The SMILES string of the molecule is COC(=O)C1=C(C)N(c2cccc(SC)c2)C(=O)/C1=C\c1ccc(C(C)C)cc1. The highest BCUT2D eigenvalue weighted by Crippen LogP contribution is 2.36. The lowest BCUT2D eigenvalue weighted by Crippen LogP contribution is -2.24. The first-order chi connectivity index (χ1) is 13.9. The Bertz CT molecular complexity index is 1000. The number of nitrogens with zero attached hydrogens (tertiary/aromatic N) is 1. The van der Waals surface area contributed by atoms with Gasteiger partial charge in [0.2, 0.25) is 0 Å². The Hall–Kier alpha value is -2.79. The standard InChI is InChI=1S/C24H25NO3S/c1-15(2)18-11-9-17(10-12-18)13-21-22(24(27)28-4)16(3)25(23(21)26)19-7-6-8-20(14-19)29-5/h6-15H,1-5H3/b21-13-. The van der Waals surface area contributed by atoms with E-state index < -0.39 is 5.97 Å². The fraction of sp³-hybridized carbons (Fsp3) is 0.250. The van der Waals surface area contributed by atoms with Crippen molar-refractivity contribution in [3.05, 3.63) is 76.5 Å². The van der Waals surface area contributed by atoms with Crippen LogP contribution in [0.2, 0.25) is 0 Å². The summed E-state index contributed by atoms with van der Waals surface area (Å²) < 4.78 is 4.98. The molecule has 1 amide bonds. The van der Waals surface area contributed by atoms with Crippen LogP contribution in [0.1, 0.15) is 37.8 Å². The van der Waals surface area contributed by atoms with Crippen molar-refractivity contribution in [3.8, 4) is 0 Å². The second kappa shape index (κ2) is 8.70. The first-order valence-electron chi connectivity index (χ1n) is 9.47. The van der Waals surface area contributed by atoms with E-state index in [2.05, 4.69) is 13.8 Å². The molecule has 5 heteroatoms. The quantitative estimate of drug-likeness (QED) is 0.378. The predicted molar refractivity (Wildman–Crippen MR) is 119 cm³/mol.